The minimum absolute atomic E-state index is 0.218. The van der Waals surface area contributed by atoms with Gasteiger partial charge in [-0.1, -0.05) is 41.2 Å². The Hall–Kier alpha value is -3.19. The molecule has 0 aliphatic carbocycles. The van der Waals surface area contributed by atoms with Crippen molar-refractivity contribution in [2.45, 2.75) is 26.8 Å². The first kappa shape index (κ1) is 19.1. The molecule has 29 heavy (non-hydrogen) atoms. The second kappa shape index (κ2) is 7.67. The molecule has 0 saturated carbocycles. The van der Waals surface area contributed by atoms with E-state index in [1.807, 2.05) is 31.2 Å². The van der Waals surface area contributed by atoms with Crippen molar-refractivity contribution in [2.75, 3.05) is 6.61 Å². The third kappa shape index (κ3) is 3.49. The molecule has 0 bridgehead atoms. The SMILES string of the molecule is CCOC(=O)C1=C(C)N=c2s/c(=C\c3ccco3)c(=O)n2C1c1ccc(C)cc1. The number of fused-ring (bicyclic) bond motifs is 1. The van der Waals surface area contributed by atoms with Crippen LogP contribution in [0.4, 0.5) is 0 Å². The Kier molecular flexibility index (Phi) is 5.07. The van der Waals surface area contributed by atoms with Gasteiger partial charge in [0.15, 0.2) is 4.80 Å². The molecule has 0 radical (unpaired) electrons. The molecule has 1 unspecified atom stereocenters. The van der Waals surface area contributed by atoms with Crippen molar-refractivity contribution >= 4 is 23.4 Å². The van der Waals surface area contributed by atoms with Gasteiger partial charge in [0.1, 0.15) is 5.76 Å². The lowest BCUT2D eigenvalue weighted by Crippen LogP contribution is -2.39. The molecule has 3 aromatic rings. The highest BCUT2D eigenvalue weighted by Gasteiger charge is 2.33. The zero-order valence-electron chi connectivity index (χ0n) is 16.3. The van der Waals surface area contributed by atoms with Gasteiger partial charge in [-0.2, -0.15) is 0 Å². The van der Waals surface area contributed by atoms with Gasteiger partial charge in [-0.25, -0.2) is 9.79 Å². The Morgan fingerprint density at radius 3 is 2.69 bits per heavy atom. The molecule has 148 valence electrons. The molecule has 7 heteroatoms. The van der Waals surface area contributed by atoms with Gasteiger partial charge >= 0.3 is 5.97 Å². The van der Waals surface area contributed by atoms with Gasteiger partial charge in [-0.05, 0) is 38.5 Å². The van der Waals surface area contributed by atoms with Crippen LogP contribution in [0.1, 0.15) is 36.8 Å². The molecule has 1 aliphatic rings. The van der Waals surface area contributed by atoms with E-state index < -0.39 is 12.0 Å². The number of benzene rings is 1. The average molecular weight is 408 g/mol. The molecule has 0 fully saturated rings. The quantitative estimate of drug-likeness (QED) is 0.622. The molecule has 0 amide bonds. The van der Waals surface area contributed by atoms with Crippen molar-refractivity contribution in [1.29, 1.82) is 0 Å². The van der Waals surface area contributed by atoms with Gasteiger partial charge in [-0.15, -0.1) is 0 Å². The first-order valence-electron chi connectivity index (χ1n) is 9.29. The third-order valence-electron chi connectivity index (χ3n) is 4.73. The van der Waals surface area contributed by atoms with E-state index in [0.717, 1.165) is 11.1 Å². The molecule has 3 heterocycles. The number of allylic oxidation sites excluding steroid dienone is 1. The molecule has 1 aromatic carbocycles. The number of furan rings is 1. The summed E-state index contributed by atoms with van der Waals surface area (Å²) in [7, 11) is 0. The topological polar surface area (TPSA) is 73.8 Å². The molecule has 0 saturated heterocycles. The van der Waals surface area contributed by atoms with Crippen LogP contribution in [0.3, 0.4) is 0 Å². The van der Waals surface area contributed by atoms with Crippen LogP contribution >= 0.6 is 11.3 Å². The lowest BCUT2D eigenvalue weighted by molar-refractivity contribution is -0.139. The maximum atomic E-state index is 13.3. The van der Waals surface area contributed by atoms with Crippen molar-refractivity contribution < 1.29 is 13.9 Å². The van der Waals surface area contributed by atoms with E-state index in [0.29, 0.717) is 26.4 Å². The van der Waals surface area contributed by atoms with Crippen LogP contribution in [0.2, 0.25) is 0 Å². The summed E-state index contributed by atoms with van der Waals surface area (Å²) in [6.07, 6.45) is 3.25. The van der Waals surface area contributed by atoms with Crippen molar-refractivity contribution in [3.05, 3.63) is 90.5 Å². The number of carbonyl (C=O) groups is 1. The Labute approximate surface area is 171 Å². The normalized spacial score (nSPS) is 16.5. The lowest BCUT2D eigenvalue weighted by atomic mass is 9.95. The summed E-state index contributed by atoms with van der Waals surface area (Å²) >= 11 is 1.27. The predicted octanol–water partition coefficient (Wildman–Crippen LogP) is 2.70. The number of thiazole rings is 1. The number of rotatable bonds is 4. The number of carbonyl (C=O) groups excluding carboxylic acids is 1. The Bertz CT molecular complexity index is 1260. The summed E-state index contributed by atoms with van der Waals surface area (Å²) in [5.74, 6) is 0.128. The summed E-state index contributed by atoms with van der Waals surface area (Å²) in [6.45, 7) is 5.77. The highest BCUT2D eigenvalue weighted by molar-refractivity contribution is 7.07. The van der Waals surface area contributed by atoms with Crippen molar-refractivity contribution in [1.82, 2.24) is 4.57 Å². The Morgan fingerprint density at radius 1 is 1.28 bits per heavy atom. The third-order valence-corrected chi connectivity index (χ3v) is 5.71. The predicted molar refractivity (Wildman–Crippen MR) is 110 cm³/mol. The van der Waals surface area contributed by atoms with Crippen LogP contribution in [0.25, 0.3) is 6.08 Å². The standard InChI is InChI=1S/C22H20N2O4S/c1-4-27-21(26)18-14(3)23-22-24(19(18)15-9-7-13(2)8-10-15)20(25)17(29-22)12-16-6-5-11-28-16/h5-12,19H,4H2,1-3H3/b17-12-. The minimum atomic E-state index is -0.593. The van der Waals surface area contributed by atoms with Crippen molar-refractivity contribution in [3.8, 4) is 0 Å². The fourth-order valence-electron chi connectivity index (χ4n) is 3.36. The molecular formula is C22H20N2O4S. The van der Waals surface area contributed by atoms with E-state index in [4.69, 9.17) is 9.15 Å². The van der Waals surface area contributed by atoms with Gasteiger partial charge in [-0.3, -0.25) is 9.36 Å². The summed E-state index contributed by atoms with van der Waals surface area (Å²) < 4.78 is 12.7. The van der Waals surface area contributed by atoms with Crippen molar-refractivity contribution in [2.24, 2.45) is 4.99 Å². The smallest absolute Gasteiger partial charge is 0.338 e. The van der Waals surface area contributed by atoms with E-state index in [1.165, 1.54) is 11.3 Å². The molecule has 0 spiro atoms. The fraction of sp³-hybridized carbons (Fsp3) is 0.227. The average Bonchev–Trinajstić information content (AvgIpc) is 3.30. The number of hydrogen-bond donors (Lipinski definition) is 0. The zero-order valence-corrected chi connectivity index (χ0v) is 17.2. The minimum Gasteiger partial charge on any atom is -0.465 e. The largest absolute Gasteiger partial charge is 0.465 e. The van der Waals surface area contributed by atoms with Crippen LogP contribution < -0.4 is 14.9 Å². The number of nitrogens with zero attached hydrogens (tertiary/aromatic N) is 2. The maximum absolute atomic E-state index is 13.3. The summed E-state index contributed by atoms with van der Waals surface area (Å²) in [5, 5.41) is 0. The zero-order chi connectivity index (χ0) is 20.5. The number of hydrogen-bond acceptors (Lipinski definition) is 6. The lowest BCUT2D eigenvalue weighted by Gasteiger charge is -2.24. The van der Waals surface area contributed by atoms with Gasteiger partial charge in [0.2, 0.25) is 0 Å². The molecular weight excluding hydrogens is 388 g/mol. The molecule has 1 atom stereocenters. The molecule has 0 N–H and O–H groups in total. The van der Waals surface area contributed by atoms with E-state index in [1.54, 1.807) is 42.9 Å². The molecule has 1 aliphatic heterocycles. The second-order valence-corrected chi connectivity index (χ2v) is 7.74. The number of aryl methyl sites for hydroxylation is 1. The molecule has 2 aromatic heterocycles. The van der Waals surface area contributed by atoms with Crippen molar-refractivity contribution in [3.63, 3.8) is 0 Å². The van der Waals surface area contributed by atoms with Crippen LogP contribution in [0, 0.1) is 6.92 Å². The first-order valence-corrected chi connectivity index (χ1v) is 10.1. The van der Waals surface area contributed by atoms with Gasteiger partial charge in [0, 0.05) is 6.08 Å². The van der Waals surface area contributed by atoms with Crippen LogP contribution in [0.15, 0.2) is 68.1 Å². The highest BCUT2D eigenvalue weighted by Crippen LogP contribution is 2.30. The van der Waals surface area contributed by atoms with E-state index in [9.17, 15) is 9.59 Å². The van der Waals surface area contributed by atoms with Gasteiger partial charge < -0.3 is 9.15 Å². The summed E-state index contributed by atoms with van der Waals surface area (Å²) in [6, 6.07) is 10.7. The number of esters is 1. The van der Waals surface area contributed by atoms with Crippen LogP contribution in [-0.2, 0) is 9.53 Å². The highest BCUT2D eigenvalue weighted by atomic mass is 32.1. The van der Waals surface area contributed by atoms with Gasteiger partial charge in [0.25, 0.3) is 5.56 Å². The molecule has 4 rings (SSSR count). The second-order valence-electron chi connectivity index (χ2n) is 6.73. The van der Waals surface area contributed by atoms with Crippen LogP contribution in [0.5, 0.6) is 0 Å². The van der Waals surface area contributed by atoms with E-state index in [2.05, 4.69) is 4.99 Å². The molecule has 6 nitrogen and oxygen atoms in total. The van der Waals surface area contributed by atoms with Gasteiger partial charge in [0.05, 0.1) is 34.7 Å². The number of ether oxygens (including phenoxy) is 1. The summed E-state index contributed by atoms with van der Waals surface area (Å²) in [5.41, 5.74) is 2.65. The maximum Gasteiger partial charge on any atom is 0.338 e. The van der Waals surface area contributed by atoms with E-state index in [-0.39, 0.29) is 12.2 Å². The monoisotopic (exact) mass is 408 g/mol. The first-order chi connectivity index (χ1) is 14.0. The fourth-order valence-corrected chi connectivity index (χ4v) is 4.38. The van der Waals surface area contributed by atoms with Crippen LogP contribution in [-0.4, -0.2) is 17.1 Å². The number of aromatic nitrogens is 1. The Balaban J connectivity index is 1.97. The Morgan fingerprint density at radius 2 is 2.03 bits per heavy atom. The van der Waals surface area contributed by atoms with E-state index >= 15 is 0 Å². The summed E-state index contributed by atoms with van der Waals surface area (Å²) in [4.78, 5) is 31.1.